The second kappa shape index (κ2) is 5.30. The summed E-state index contributed by atoms with van der Waals surface area (Å²) in [6.07, 6.45) is -0.986. The van der Waals surface area contributed by atoms with Crippen LogP contribution in [0.4, 0.5) is 13.2 Å². The predicted molar refractivity (Wildman–Crippen MR) is 75.4 cm³/mol. The number of hydrogen-bond acceptors (Lipinski definition) is 4. The van der Waals surface area contributed by atoms with Gasteiger partial charge in [0.2, 0.25) is 0 Å². The first-order valence-corrected chi connectivity index (χ1v) is 7.39. The number of hydrogen-bond donors (Lipinski definition) is 1. The summed E-state index contributed by atoms with van der Waals surface area (Å²) in [7, 11) is 0. The topological polar surface area (TPSA) is 65.8 Å². The smallest absolute Gasteiger partial charge is 0.362 e. The molecule has 1 N–H and O–H groups in total. The quantitative estimate of drug-likeness (QED) is 0.862. The summed E-state index contributed by atoms with van der Waals surface area (Å²) in [5, 5.41) is 14.6. The Morgan fingerprint density at radius 1 is 1.35 bits per heavy atom. The summed E-state index contributed by atoms with van der Waals surface area (Å²) in [5.74, 6) is -2.39. The number of amides is 1. The average molecular weight is 327 g/mol. The van der Waals surface area contributed by atoms with Crippen molar-refractivity contribution in [1.82, 2.24) is 9.99 Å². The number of carbonyl (C=O) groups is 1. The highest BCUT2D eigenvalue weighted by Crippen LogP contribution is 2.49. The number of aliphatic hydroxyl groups is 1. The molecule has 1 aromatic rings. The second-order valence-electron chi connectivity index (χ2n) is 5.99. The van der Waals surface area contributed by atoms with Crippen LogP contribution in [0.2, 0.25) is 0 Å². The van der Waals surface area contributed by atoms with Crippen LogP contribution in [-0.2, 0) is 0 Å². The zero-order valence-corrected chi connectivity index (χ0v) is 12.4. The van der Waals surface area contributed by atoms with Gasteiger partial charge in [0.1, 0.15) is 0 Å². The van der Waals surface area contributed by atoms with Crippen molar-refractivity contribution < 1.29 is 23.1 Å². The van der Waals surface area contributed by atoms with Gasteiger partial charge in [-0.3, -0.25) is 9.78 Å². The Balaban J connectivity index is 2.07. The lowest BCUT2D eigenvalue weighted by Gasteiger charge is -2.39. The van der Waals surface area contributed by atoms with Crippen molar-refractivity contribution in [3.63, 3.8) is 0 Å². The molecule has 1 fully saturated rings. The fourth-order valence-electron chi connectivity index (χ4n) is 3.32. The number of fused-ring (bicyclic) bond motifs is 1. The van der Waals surface area contributed by atoms with E-state index in [1.807, 2.05) is 0 Å². The van der Waals surface area contributed by atoms with Crippen molar-refractivity contribution in [2.24, 2.45) is 16.9 Å². The van der Waals surface area contributed by atoms with Gasteiger partial charge in [0.25, 0.3) is 11.6 Å². The number of nitrogens with zero attached hydrogens (tertiary/aromatic N) is 3. The Bertz CT molecular complexity index is 647. The van der Waals surface area contributed by atoms with Gasteiger partial charge in [-0.05, 0) is 30.9 Å². The van der Waals surface area contributed by atoms with Gasteiger partial charge in [0, 0.05) is 23.7 Å². The minimum Gasteiger partial charge on any atom is -0.362 e. The third kappa shape index (κ3) is 2.32. The van der Waals surface area contributed by atoms with E-state index < -0.39 is 23.7 Å². The van der Waals surface area contributed by atoms with Crippen LogP contribution in [0.25, 0.3) is 0 Å². The van der Waals surface area contributed by atoms with E-state index in [1.54, 1.807) is 6.92 Å². The lowest BCUT2D eigenvalue weighted by molar-refractivity contribution is -0.312. The van der Waals surface area contributed by atoms with Crippen LogP contribution in [0.3, 0.4) is 0 Å². The molecule has 3 atom stereocenters. The fourth-order valence-corrected chi connectivity index (χ4v) is 3.32. The first-order chi connectivity index (χ1) is 10.8. The predicted octanol–water partition coefficient (Wildman–Crippen LogP) is 2.58. The fraction of sp³-hybridized carbons (Fsp3) is 0.533. The molecule has 1 aliphatic heterocycles. The maximum absolute atomic E-state index is 13.6. The molecule has 5 nitrogen and oxygen atoms in total. The van der Waals surface area contributed by atoms with Gasteiger partial charge >= 0.3 is 6.18 Å². The van der Waals surface area contributed by atoms with Gasteiger partial charge in [0.05, 0.1) is 5.92 Å². The average Bonchev–Trinajstić information content (AvgIpc) is 2.83. The van der Waals surface area contributed by atoms with Crippen molar-refractivity contribution in [3.8, 4) is 0 Å². The summed E-state index contributed by atoms with van der Waals surface area (Å²) in [5.41, 5.74) is -3.05. The Morgan fingerprint density at radius 3 is 2.61 bits per heavy atom. The van der Waals surface area contributed by atoms with Gasteiger partial charge < -0.3 is 5.11 Å². The first kappa shape index (κ1) is 15.9. The molecular weight excluding hydrogens is 311 g/mol. The number of pyridine rings is 1. The molecule has 0 saturated heterocycles. The zero-order valence-electron chi connectivity index (χ0n) is 12.4. The molecule has 1 amide bonds. The molecule has 1 saturated carbocycles. The maximum Gasteiger partial charge on any atom is 0.439 e. The summed E-state index contributed by atoms with van der Waals surface area (Å²) in [6.45, 7) is 1.77. The van der Waals surface area contributed by atoms with E-state index >= 15 is 0 Å². The standard InChI is InChI=1S/C15H16F3N3O2/c1-9-3-2-4-11-12(9)20-21(14(11,23)15(16,17)18)13(22)10-5-7-19-8-6-10/h5-9,11,23H,2-4H2,1H3/t9-,11+,14-/m1/s1. The van der Waals surface area contributed by atoms with Gasteiger partial charge in [-0.2, -0.15) is 23.3 Å². The van der Waals surface area contributed by atoms with E-state index in [2.05, 4.69) is 10.1 Å². The monoisotopic (exact) mass is 327 g/mol. The van der Waals surface area contributed by atoms with E-state index in [-0.39, 0.29) is 28.6 Å². The van der Waals surface area contributed by atoms with E-state index in [1.165, 1.54) is 24.5 Å². The zero-order chi connectivity index (χ0) is 16.8. The SMILES string of the molecule is C[C@@H]1CCC[C@H]2C1=NN(C(=O)c1ccncc1)[C@]2(O)C(F)(F)F. The van der Waals surface area contributed by atoms with Gasteiger partial charge in [-0.1, -0.05) is 13.3 Å². The Hall–Kier alpha value is -1.96. The molecule has 0 radical (unpaired) electrons. The van der Waals surface area contributed by atoms with E-state index in [0.29, 0.717) is 12.8 Å². The highest BCUT2D eigenvalue weighted by molar-refractivity contribution is 5.99. The molecule has 0 spiro atoms. The Kier molecular flexibility index (Phi) is 3.66. The molecule has 0 aromatic carbocycles. The molecular formula is C15H16F3N3O2. The molecule has 1 aliphatic carbocycles. The molecule has 3 rings (SSSR count). The first-order valence-electron chi connectivity index (χ1n) is 7.39. The summed E-state index contributed by atoms with van der Waals surface area (Å²) in [6, 6.07) is 2.59. The minimum atomic E-state index is -5.00. The van der Waals surface area contributed by atoms with Crippen LogP contribution in [-0.4, -0.2) is 38.6 Å². The summed E-state index contributed by atoms with van der Waals surface area (Å²) >= 11 is 0. The third-order valence-corrected chi connectivity index (χ3v) is 4.55. The van der Waals surface area contributed by atoms with Gasteiger partial charge in [-0.15, -0.1) is 0 Å². The van der Waals surface area contributed by atoms with Crippen molar-refractivity contribution in [2.75, 3.05) is 0 Å². The largest absolute Gasteiger partial charge is 0.439 e. The summed E-state index contributed by atoms with van der Waals surface area (Å²) in [4.78, 5) is 16.2. The molecule has 124 valence electrons. The Morgan fingerprint density at radius 2 is 2.00 bits per heavy atom. The van der Waals surface area contributed by atoms with Crippen LogP contribution in [0, 0.1) is 11.8 Å². The van der Waals surface area contributed by atoms with Gasteiger partial charge in [0.15, 0.2) is 0 Å². The van der Waals surface area contributed by atoms with E-state index in [9.17, 15) is 23.1 Å². The number of halogens is 3. The van der Waals surface area contributed by atoms with Crippen molar-refractivity contribution in [2.45, 2.75) is 38.1 Å². The summed E-state index contributed by atoms with van der Waals surface area (Å²) < 4.78 is 40.9. The molecule has 1 aromatic heterocycles. The molecule has 2 heterocycles. The van der Waals surface area contributed by atoms with Crippen molar-refractivity contribution in [3.05, 3.63) is 30.1 Å². The van der Waals surface area contributed by atoms with Crippen LogP contribution in [0.15, 0.2) is 29.6 Å². The van der Waals surface area contributed by atoms with Crippen molar-refractivity contribution in [1.29, 1.82) is 0 Å². The molecule has 0 bridgehead atoms. The van der Waals surface area contributed by atoms with Crippen LogP contribution < -0.4 is 0 Å². The lowest BCUT2D eigenvalue weighted by atomic mass is 9.75. The van der Waals surface area contributed by atoms with Gasteiger partial charge in [-0.25, -0.2) is 0 Å². The van der Waals surface area contributed by atoms with Crippen LogP contribution >= 0.6 is 0 Å². The van der Waals surface area contributed by atoms with E-state index in [0.717, 1.165) is 0 Å². The van der Waals surface area contributed by atoms with Crippen molar-refractivity contribution >= 4 is 11.6 Å². The maximum atomic E-state index is 13.6. The second-order valence-corrected chi connectivity index (χ2v) is 5.99. The van der Waals surface area contributed by atoms with E-state index in [4.69, 9.17) is 0 Å². The molecule has 23 heavy (non-hydrogen) atoms. The lowest BCUT2D eigenvalue weighted by Crippen LogP contribution is -2.61. The number of carbonyl (C=O) groups excluding carboxylic acids is 1. The van der Waals surface area contributed by atoms with Crippen LogP contribution in [0.5, 0.6) is 0 Å². The third-order valence-electron chi connectivity index (χ3n) is 4.55. The molecule has 8 heteroatoms. The number of alkyl halides is 3. The highest BCUT2D eigenvalue weighted by atomic mass is 19.4. The normalized spacial score (nSPS) is 30.8. The Labute approximate surface area is 130 Å². The number of rotatable bonds is 1. The number of hydrazone groups is 1. The molecule has 2 aliphatic rings. The minimum absolute atomic E-state index is 0.00155. The van der Waals surface area contributed by atoms with Crippen LogP contribution in [0.1, 0.15) is 36.5 Å². The molecule has 0 unspecified atom stereocenters. The number of aromatic nitrogens is 1. The highest BCUT2D eigenvalue weighted by Gasteiger charge is 2.69.